The van der Waals surface area contributed by atoms with E-state index in [1.165, 1.54) is 32.1 Å². The molecule has 0 aromatic heterocycles. The minimum atomic E-state index is 1.12. The van der Waals surface area contributed by atoms with Crippen molar-refractivity contribution in [2.75, 3.05) is 40.3 Å². The molecule has 0 rings (SSSR count). The molecule has 0 unspecified atom stereocenters. The van der Waals surface area contributed by atoms with Gasteiger partial charge in [0.1, 0.15) is 0 Å². The van der Waals surface area contributed by atoms with Gasteiger partial charge in [-0.15, -0.1) is 5.23 Å². The molecule has 0 fully saturated rings. The maximum atomic E-state index is 2.49. The Labute approximate surface area is 121 Å². The van der Waals surface area contributed by atoms with Crippen LogP contribution in [0.4, 0.5) is 0 Å². The molecule has 0 aliphatic carbocycles. The minimum Gasteiger partial charge on any atom is -0.220 e. The van der Waals surface area contributed by atoms with Crippen LogP contribution in [0, 0.1) is 0 Å². The first-order valence-corrected chi connectivity index (χ1v) is 8.09. The summed E-state index contributed by atoms with van der Waals surface area (Å²) in [5, 5.41) is 9.56. The molecule has 0 aromatic carbocycles. The van der Waals surface area contributed by atoms with E-state index < -0.39 is 0 Å². The highest BCUT2D eigenvalue weighted by Gasteiger charge is 2.22. The molecule has 116 valence electrons. The average Bonchev–Trinajstić information content (AvgIpc) is 2.36. The predicted octanol–water partition coefficient (Wildman–Crippen LogP) is 3.23. The van der Waals surface area contributed by atoms with E-state index in [-0.39, 0.29) is 0 Å². The van der Waals surface area contributed by atoms with Gasteiger partial charge in [0.2, 0.25) is 0 Å². The molecule has 0 spiro atoms. The van der Waals surface area contributed by atoms with Gasteiger partial charge in [-0.05, 0) is 25.7 Å². The molecule has 4 nitrogen and oxygen atoms in total. The lowest BCUT2D eigenvalue weighted by Gasteiger charge is -2.45. The highest BCUT2D eigenvalue weighted by Crippen LogP contribution is 2.10. The number of hydrazine groups is 3. The molecule has 0 saturated heterocycles. The molecule has 0 radical (unpaired) electrons. The summed E-state index contributed by atoms with van der Waals surface area (Å²) in [6, 6.07) is 0. The van der Waals surface area contributed by atoms with E-state index in [1.807, 2.05) is 0 Å². The van der Waals surface area contributed by atoms with Crippen molar-refractivity contribution < 1.29 is 0 Å². The molecule has 0 bridgehead atoms. The Morgan fingerprint density at radius 2 is 1.00 bits per heavy atom. The van der Waals surface area contributed by atoms with Crippen molar-refractivity contribution in [3.63, 3.8) is 0 Å². The Morgan fingerprint density at radius 1 is 0.579 bits per heavy atom. The summed E-state index contributed by atoms with van der Waals surface area (Å²) in [5.41, 5.74) is 0. The van der Waals surface area contributed by atoms with Crippen molar-refractivity contribution in [1.82, 2.24) is 20.3 Å². The number of rotatable bonds is 12. The highest BCUT2D eigenvalue weighted by atomic mass is 16.0. The summed E-state index contributed by atoms with van der Waals surface area (Å²) in [7, 11) is 4.29. The van der Waals surface area contributed by atoms with Crippen LogP contribution in [0.15, 0.2) is 0 Å². The topological polar surface area (TPSA) is 13.0 Å². The molecule has 19 heavy (non-hydrogen) atoms. The Kier molecular flexibility index (Phi) is 11.6. The van der Waals surface area contributed by atoms with Crippen LogP contribution in [-0.2, 0) is 0 Å². The molecule has 4 heteroatoms. The molecule has 0 atom stereocenters. The molecule has 0 amide bonds. The maximum Gasteiger partial charge on any atom is 0.0160 e. The number of hydrogen-bond acceptors (Lipinski definition) is 4. The predicted molar refractivity (Wildman–Crippen MR) is 84.5 cm³/mol. The first-order valence-electron chi connectivity index (χ1n) is 8.09. The largest absolute Gasteiger partial charge is 0.220 e. The molecule has 0 aliphatic rings. The number of hydrogen-bond donors (Lipinski definition) is 0. The van der Waals surface area contributed by atoms with E-state index in [4.69, 9.17) is 0 Å². The Hall–Kier alpha value is -0.160. The summed E-state index contributed by atoms with van der Waals surface area (Å²) < 4.78 is 0. The van der Waals surface area contributed by atoms with Crippen molar-refractivity contribution in [1.29, 1.82) is 0 Å². The van der Waals surface area contributed by atoms with Crippen molar-refractivity contribution in [2.24, 2.45) is 0 Å². The smallest absolute Gasteiger partial charge is 0.0160 e. The van der Waals surface area contributed by atoms with Crippen LogP contribution in [0.3, 0.4) is 0 Å². The summed E-state index contributed by atoms with van der Waals surface area (Å²) in [4.78, 5) is 0. The van der Waals surface area contributed by atoms with Crippen molar-refractivity contribution in [3.8, 4) is 0 Å². The summed E-state index contributed by atoms with van der Waals surface area (Å²) in [6.45, 7) is 13.6. The van der Waals surface area contributed by atoms with E-state index in [9.17, 15) is 0 Å². The van der Waals surface area contributed by atoms with Crippen LogP contribution >= 0.6 is 0 Å². The molecule has 0 aromatic rings. The summed E-state index contributed by atoms with van der Waals surface area (Å²) in [6.07, 6.45) is 6.09. The van der Waals surface area contributed by atoms with Crippen LogP contribution in [-0.4, -0.2) is 60.5 Å². The van der Waals surface area contributed by atoms with Crippen molar-refractivity contribution in [2.45, 2.75) is 59.8 Å². The lowest BCUT2D eigenvalue weighted by atomic mass is 10.3. The molecule has 0 heterocycles. The lowest BCUT2D eigenvalue weighted by Crippen LogP contribution is -2.60. The fourth-order valence-electron chi connectivity index (χ4n) is 2.38. The second kappa shape index (κ2) is 11.6. The third-order valence-electron chi connectivity index (χ3n) is 3.08. The fourth-order valence-corrected chi connectivity index (χ4v) is 2.38. The third-order valence-corrected chi connectivity index (χ3v) is 3.08. The van der Waals surface area contributed by atoms with E-state index in [2.05, 4.69) is 62.0 Å². The van der Waals surface area contributed by atoms with Gasteiger partial charge < -0.3 is 0 Å². The third kappa shape index (κ3) is 7.25. The summed E-state index contributed by atoms with van der Waals surface area (Å²) >= 11 is 0. The Balaban J connectivity index is 4.84. The SMILES string of the molecule is CCCCN(CCC)N(N(C)C)N(CCC)CCC. The number of nitrogens with zero attached hydrogens (tertiary/aromatic N) is 4. The van der Waals surface area contributed by atoms with Gasteiger partial charge in [0.05, 0.1) is 0 Å². The standard InChI is InChI=1S/C15H36N4/c1-7-11-15-18(14-10-4)19(16(5)6)17(12-8-2)13-9-3/h7-15H2,1-6H3. The van der Waals surface area contributed by atoms with E-state index in [0.717, 1.165) is 26.2 Å². The van der Waals surface area contributed by atoms with Crippen LogP contribution in [0.2, 0.25) is 0 Å². The quantitative estimate of drug-likeness (QED) is 0.506. The highest BCUT2D eigenvalue weighted by molar-refractivity contribution is 4.56. The fraction of sp³-hybridized carbons (Fsp3) is 1.00. The second-order valence-corrected chi connectivity index (χ2v) is 5.38. The monoisotopic (exact) mass is 272 g/mol. The lowest BCUT2D eigenvalue weighted by molar-refractivity contribution is -0.293. The van der Waals surface area contributed by atoms with Crippen LogP contribution in [0.5, 0.6) is 0 Å². The van der Waals surface area contributed by atoms with Crippen LogP contribution in [0.1, 0.15) is 59.8 Å². The molecular weight excluding hydrogens is 236 g/mol. The van der Waals surface area contributed by atoms with Gasteiger partial charge in [0, 0.05) is 40.3 Å². The van der Waals surface area contributed by atoms with Crippen LogP contribution < -0.4 is 0 Å². The molecule has 0 N–H and O–H groups in total. The zero-order valence-electron chi connectivity index (χ0n) is 14.2. The van der Waals surface area contributed by atoms with Crippen LogP contribution in [0.25, 0.3) is 0 Å². The van der Waals surface area contributed by atoms with Crippen molar-refractivity contribution >= 4 is 0 Å². The first-order chi connectivity index (χ1) is 9.12. The zero-order chi connectivity index (χ0) is 14.7. The minimum absolute atomic E-state index is 1.12. The zero-order valence-corrected chi connectivity index (χ0v) is 14.2. The van der Waals surface area contributed by atoms with Gasteiger partial charge in [-0.1, -0.05) is 34.1 Å². The Bertz CT molecular complexity index is 191. The molecule has 0 aliphatic heterocycles. The van der Waals surface area contributed by atoms with Gasteiger partial charge in [0.25, 0.3) is 0 Å². The van der Waals surface area contributed by atoms with E-state index in [1.54, 1.807) is 0 Å². The van der Waals surface area contributed by atoms with Gasteiger partial charge in [-0.3, -0.25) is 0 Å². The van der Waals surface area contributed by atoms with Gasteiger partial charge in [-0.2, -0.15) is 0 Å². The second-order valence-electron chi connectivity index (χ2n) is 5.38. The number of unbranched alkanes of at least 4 members (excludes halogenated alkanes) is 1. The van der Waals surface area contributed by atoms with Gasteiger partial charge in [-0.25, -0.2) is 15.0 Å². The summed E-state index contributed by atoms with van der Waals surface area (Å²) in [5.74, 6) is 0. The van der Waals surface area contributed by atoms with E-state index >= 15 is 0 Å². The van der Waals surface area contributed by atoms with E-state index in [0.29, 0.717) is 0 Å². The average molecular weight is 272 g/mol. The first kappa shape index (κ1) is 18.8. The Morgan fingerprint density at radius 3 is 1.32 bits per heavy atom. The normalized spacial score (nSPS) is 12.3. The molecule has 0 saturated carbocycles. The van der Waals surface area contributed by atoms with Gasteiger partial charge in [0.15, 0.2) is 0 Å². The maximum absolute atomic E-state index is 2.49. The molecular formula is C15H36N4. The van der Waals surface area contributed by atoms with Gasteiger partial charge >= 0.3 is 0 Å². The van der Waals surface area contributed by atoms with Crippen molar-refractivity contribution in [3.05, 3.63) is 0 Å².